The van der Waals surface area contributed by atoms with Gasteiger partial charge in [0.1, 0.15) is 11.5 Å². The van der Waals surface area contributed by atoms with E-state index in [0.717, 1.165) is 40.7 Å². The van der Waals surface area contributed by atoms with E-state index in [-0.39, 0.29) is 5.75 Å². The predicted octanol–water partition coefficient (Wildman–Crippen LogP) is 8.82. The lowest BCUT2D eigenvalue weighted by Gasteiger charge is -2.21. The second kappa shape index (κ2) is 11.2. The molecule has 0 saturated heterocycles. The lowest BCUT2D eigenvalue weighted by atomic mass is 9.85. The van der Waals surface area contributed by atoms with E-state index in [0.29, 0.717) is 11.7 Å². The summed E-state index contributed by atoms with van der Waals surface area (Å²) < 4.78 is 0. The molecule has 0 amide bonds. The summed E-state index contributed by atoms with van der Waals surface area (Å²) in [6, 6.07) is 21.9. The maximum Gasteiger partial charge on any atom is 0.119 e. The minimum absolute atomic E-state index is 0.278. The summed E-state index contributed by atoms with van der Waals surface area (Å²) in [6.45, 7) is 0. The van der Waals surface area contributed by atoms with E-state index in [1.807, 2.05) is 24.3 Å². The van der Waals surface area contributed by atoms with Crippen molar-refractivity contribution in [1.29, 1.82) is 0 Å². The molecule has 1 aliphatic carbocycles. The van der Waals surface area contributed by atoms with E-state index >= 15 is 0 Å². The van der Waals surface area contributed by atoms with Crippen LogP contribution in [0.4, 0.5) is 0 Å². The number of phenolic OH excluding ortho intramolecular Hbond substituents is 2. The van der Waals surface area contributed by atoms with Crippen LogP contribution in [0.1, 0.15) is 82.1 Å². The normalized spacial score (nSPS) is 16.8. The standard InChI is InChI=1S/C30H36O2/c31-26-19-16-24(17-20-26)27-14-10-11-15-28(27)25-18-21-30(32)29(22-25)23-12-8-6-4-2-1-3-5-7-9-13-23/h10-11,14-23,31-32H,1-9,12-13H2. The molecule has 0 unspecified atom stereocenters. The van der Waals surface area contributed by atoms with Crippen LogP contribution < -0.4 is 0 Å². The first kappa shape index (κ1) is 22.5. The summed E-state index contributed by atoms with van der Waals surface area (Å²) >= 11 is 0. The fourth-order valence-electron chi connectivity index (χ4n) is 5.15. The molecular weight excluding hydrogens is 392 g/mol. The Morgan fingerprint density at radius 2 is 1.03 bits per heavy atom. The van der Waals surface area contributed by atoms with E-state index in [2.05, 4.69) is 30.3 Å². The van der Waals surface area contributed by atoms with Gasteiger partial charge in [-0.1, -0.05) is 100 Å². The van der Waals surface area contributed by atoms with Crippen molar-refractivity contribution in [2.24, 2.45) is 0 Å². The summed E-state index contributed by atoms with van der Waals surface area (Å²) in [4.78, 5) is 0. The van der Waals surface area contributed by atoms with E-state index in [4.69, 9.17) is 0 Å². The molecule has 168 valence electrons. The third-order valence-corrected chi connectivity index (χ3v) is 6.99. The molecule has 3 aromatic carbocycles. The smallest absolute Gasteiger partial charge is 0.119 e. The Labute approximate surface area is 193 Å². The summed E-state index contributed by atoms with van der Waals surface area (Å²) in [6.07, 6.45) is 14.3. The molecule has 2 nitrogen and oxygen atoms in total. The van der Waals surface area contributed by atoms with Crippen molar-refractivity contribution in [3.63, 3.8) is 0 Å². The highest BCUT2D eigenvalue weighted by molar-refractivity contribution is 5.84. The zero-order valence-corrected chi connectivity index (χ0v) is 19.1. The monoisotopic (exact) mass is 428 g/mol. The Bertz CT molecular complexity index is 978. The van der Waals surface area contributed by atoms with Crippen LogP contribution in [0.15, 0.2) is 66.7 Å². The minimum atomic E-state index is 0.278. The Hall–Kier alpha value is -2.74. The van der Waals surface area contributed by atoms with Gasteiger partial charge in [0.05, 0.1) is 0 Å². The van der Waals surface area contributed by atoms with Crippen LogP contribution in [0.5, 0.6) is 11.5 Å². The van der Waals surface area contributed by atoms with Crippen molar-refractivity contribution < 1.29 is 10.2 Å². The van der Waals surface area contributed by atoms with Crippen LogP contribution in [-0.2, 0) is 0 Å². The molecule has 4 rings (SSSR count). The lowest BCUT2D eigenvalue weighted by Crippen LogP contribution is -2.02. The van der Waals surface area contributed by atoms with E-state index in [1.54, 1.807) is 12.1 Å². The van der Waals surface area contributed by atoms with Crippen LogP contribution in [0, 0.1) is 0 Å². The highest BCUT2D eigenvalue weighted by Crippen LogP contribution is 2.39. The van der Waals surface area contributed by atoms with Crippen molar-refractivity contribution in [2.75, 3.05) is 0 Å². The predicted molar refractivity (Wildman–Crippen MR) is 134 cm³/mol. The molecule has 1 fully saturated rings. The zero-order chi connectivity index (χ0) is 22.2. The average Bonchev–Trinajstić information content (AvgIpc) is 2.81. The highest BCUT2D eigenvalue weighted by Gasteiger charge is 2.18. The molecule has 0 aliphatic heterocycles. The van der Waals surface area contributed by atoms with Gasteiger partial charge in [-0.3, -0.25) is 0 Å². The largest absolute Gasteiger partial charge is 0.508 e. The lowest BCUT2D eigenvalue weighted by molar-refractivity contribution is 0.433. The van der Waals surface area contributed by atoms with Crippen molar-refractivity contribution >= 4 is 0 Å². The number of rotatable bonds is 3. The molecular formula is C30H36O2. The van der Waals surface area contributed by atoms with Gasteiger partial charge in [-0.25, -0.2) is 0 Å². The molecule has 2 N–H and O–H groups in total. The first-order valence-electron chi connectivity index (χ1n) is 12.4. The molecule has 2 heteroatoms. The molecule has 0 bridgehead atoms. The number of aromatic hydroxyl groups is 2. The van der Waals surface area contributed by atoms with Gasteiger partial charge in [0.15, 0.2) is 0 Å². The minimum Gasteiger partial charge on any atom is -0.508 e. The van der Waals surface area contributed by atoms with Crippen molar-refractivity contribution in [3.05, 3.63) is 72.3 Å². The maximum atomic E-state index is 10.8. The Kier molecular flexibility index (Phi) is 7.87. The van der Waals surface area contributed by atoms with Gasteiger partial charge >= 0.3 is 0 Å². The average molecular weight is 429 g/mol. The van der Waals surface area contributed by atoms with Gasteiger partial charge in [0.2, 0.25) is 0 Å². The maximum absolute atomic E-state index is 10.8. The molecule has 0 radical (unpaired) electrons. The summed E-state index contributed by atoms with van der Waals surface area (Å²) in [5.74, 6) is 1.14. The van der Waals surface area contributed by atoms with Gasteiger partial charge in [-0.2, -0.15) is 0 Å². The first-order chi connectivity index (χ1) is 15.7. The van der Waals surface area contributed by atoms with Crippen LogP contribution in [0.25, 0.3) is 22.3 Å². The van der Waals surface area contributed by atoms with E-state index in [9.17, 15) is 10.2 Å². The van der Waals surface area contributed by atoms with E-state index in [1.165, 1.54) is 57.8 Å². The Morgan fingerprint density at radius 3 is 1.62 bits per heavy atom. The quantitative estimate of drug-likeness (QED) is 0.437. The second-order valence-corrected chi connectivity index (χ2v) is 9.32. The number of phenols is 2. The fraction of sp³-hybridized carbons (Fsp3) is 0.400. The highest BCUT2D eigenvalue weighted by atomic mass is 16.3. The molecule has 3 aromatic rings. The summed E-state index contributed by atoms with van der Waals surface area (Å²) in [7, 11) is 0. The molecule has 32 heavy (non-hydrogen) atoms. The third-order valence-electron chi connectivity index (χ3n) is 6.99. The van der Waals surface area contributed by atoms with Gasteiger partial charge in [-0.15, -0.1) is 0 Å². The molecule has 0 atom stereocenters. The second-order valence-electron chi connectivity index (χ2n) is 9.32. The molecule has 0 heterocycles. The molecule has 1 aliphatic rings. The SMILES string of the molecule is Oc1ccc(-c2ccccc2-c2ccc(O)c(C3CCCCCCCCCCC3)c2)cc1. The van der Waals surface area contributed by atoms with Crippen LogP contribution in [0.3, 0.4) is 0 Å². The van der Waals surface area contributed by atoms with Gasteiger partial charge in [0.25, 0.3) is 0 Å². The Balaban J connectivity index is 1.64. The van der Waals surface area contributed by atoms with Crippen molar-refractivity contribution in [1.82, 2.24) is 0 Å². The number of hydrogen-bond acceptors (Lipinski definition) is 2. The van der Waals surface area contributed by atoms with Crippen LogP contribution >= 0.6 is 0 Å². The van der Waals surface area contributed by atoms with Crippen LogP contribution in [0.2, 0.25) is 0 Å². The fourth-order valence-corrected chi connectivity index (χ4v) is 5.15. The summed E-state index contributed by atoms with van der Waals surface area (Å²) in [5, 5.41) is 20.5. The zero-order valence-electron chi connectivity index (χ0n) is 19.1. The topological polar surface area (TPSA) is 40.5 Å². The Morgan fingerprint density at radius 1 is 0.531 bits per heavy atom. The number of hydrogen-bond donors (Lipinski definition) is 2. The van der Waals surface area contributed by atoms with Gasteiger partial charge in [0, 0.05) is 0 Å². The van der Waals surface area contributed by atoms with Gasteiger partial charge < -0.3 is 10.2 Å². The number of benzene rings is 3. The molecule has 1 saturated carbocycles. The molecule has 0 aromatic heterocycles. The van der Waals surface area contributed by atoms with E-state index < -0.39 is 0 Å². The van der Waals surface area contributed by atoms with Gasteiger partial charge in [-0.05, 0) is 70.8 Å². The molecule has 0 spiro atoms. The third kappa shape index (κ3) is 5.73. The first-order valence-corrected chi connectivity index (χ1v) is 12.4. The van der Waals surface area contributed by atoms with Crippen molar-refractivity contribution in [2.45, 2.75) is 76.5 Å². The van der Waals surface area contributed by atoms with Crippen LogP contribution in [-0.4, -0.2) is 10.2 Å². The summed E-state index contributed by atoms with van der Waals surface area (Å²) in [5.41, 5.74) is 5.64. The van der Waals surface area contributed by atoms with Crippen molar-refractivity contribution in [3.8, 4) is 33.8 Å².